The van der Waals surface area contributed by atoms with Crippen LogP contribution < -0.4 is 14.4 Å². The van der Waals surface area contributed by atoms with Gasteiger partial charge in [0.1, 0.15) is 23.1 Å². The molecular formula is C24H21N3O5. The molecule has 5 rings (SSSR count). The zero-order chi connectivity index (χ0) is 21.9. The number of carbonyl (C=O) groups is 2. The Hall–Kier alpha value is -4.07. The van der Waals surface area contributed by atoms with Crippen molar-refractivity contribution in [2.24, 2.45) is 0 Å². The van der Waals surface area contributed by atoms with Gasteiger partial charge in [-0.25, -0.2) is 4.98 Å². The second-order valence-corrected chi connectivity index (χ2v) is 7.46. The van der Waals surface area contributed by atoms with Gasteiger partial charge in [0.2, 0.25) is 5.78 Å². The smallest absolute Gasteiger partial charge is 0.260 e. The van der Waals surface area contributed by atoms with Gasteiger partial charge in [0.25, 0.3) is 5.91 Å². The first kappa shape index (κ1) is 19.9. The molecule has 0 radical (unpaired) electrons. The molecule has 8 heteroatoms. The average Bonchev–Trinajstić information content (AvgIpc) is 3.46. The molecule has 4 heterocycles. The zero-order valence-corrected chi connectivity index (χ0v) is 17.3. The summed E-state index contributed by atoms with van der Waals surface area (Å²) in [6.07, 6.45) is 4.85. The molecule has 1 fully saturated rings. The molecule has 1 aromatic carbocycles. The highest BCUT2D eigenvalue weighted by Crippen LogP contribution is 2.35. The quantitative estimate of drug-likeness (QED) is 0.574. The molecule has 0 bridgehead atoms. The molecule has 162 valence electrons. The van der Waals surface area contributed by atoms with Crippen molar-refractivity contribution in [3.8, 4) is 11.5 Å². The summed E-state index contributed by atoms with van der Waals surface area (Å²) in [5.74, 6) is 2.22. The van der Waals surface area contributed by atoms with E-state index in [1.165, 1.54) is 6.26 Å². The topological polar surface area (TPSA) is 85.1 Å². The Labute approximate surface area is 184 Å². The Morgan fingerprint density at radius 1 is 1.09 bits per heavy atom. The predicted octanol–water partition coefficient (Wildman–Crippen LogP) is 3.02. The van der Waals surface area contributed by atoms with E-state index in [0.717, 1.165) is 18.9 Å². The number of pyridine rings is 1. The molecule has 0 aliphatic carbocycles. The first-order valence-electron chi connectivity index (χ1n) is 10.4. The molecule has 2 aliphatic rings. The summed E-state index contributed by atoms with van der Waals surface area (Å²) in [5, 5.41) is 0. The summed E-state index contributed by atoms with van der Waals surface area (Å²) in [5.41, 5.74) is 0.451. The first-order valence-corrected chi connectivity index (χ1v) is 10.4. The van der Waals surface area contributed by atoms with Gasteiger partial charge in [-0.2, -0.15) is 0 Å². The number of rotatable bonds is 5. The summed E-state index contributed by atoms with van der Waals surface area (Å²) >= 11 is 0. The summed E-state index contributed by atoms with van der Waals surface area (Å²) in [7, 11) is 0. The van der Waals surface area contributed by atoms with E-state index in [4.69, 9.17) is 13.9 Å². The van der Waals surface area contributed by atoms with Crippen molar-refractivity contribution in [1.82, 2.24) is 9.88 Å². The highest BCUT2D eigenvalue weighted by molar-refractivity contribution is 6.14. The summed E-state index contributed by atoms with van der Waals surface area (Å²) in [6.45, 7) is 2.60. The van der Waals surface area contributed by atoms with Crippen LogP contribution in [-0.4, -0.2) is 54.4 Å². The lowest BCUT2D eigenvalue weighted by Gasteiger charge is -2.35. The maximum Gasteiger partial charge on any atom is 0.260 e. The number of benzene rings is 1. The standard InChI is InChI=1S/C24H21N3O5/c28-23(27-11-9-26(10-12-27)22-5-1-2-8-25-22)16-31-18-6-7-19-20(14-18)32-21(24(19)29)15-17-4-3-13-30-17/h1-8,13-15H,9-12,16H2. The first-order chi connectivity index (χ1) is 15.7. The number of ether oxygens (including phenoxy) is 2. The number of anilines is 1. The van der Waals surface area contributed by atoms with Gasteiger partial charge in [0.15, 0.2) is 12.4 Å². The molecular weight excluding hydrogens is 410 g/mol. The summed E-state index contributed by atoms with van der Waals surface area (Å²) in [6, 6.07) is 14.2. The van der Waals surface area contributed by atoms with Crippen molar-refractivity contribution in [2.75, 3.05) is 37.7 Å². The number of Topliss-reactive ketones (excluding diaryl/α,β-unsaturated/α-hetero) is 1. The number of hydrogen-bond acceptors (Lipinski definition) is 7. The fraction of sp³-hybridized carbons (Fsp3) is 0.208. The van der Waals surface area contributed by atoms with E-state index in [1.54, 1.807) is 47.5 Å². The second-order valence-electron chi connectivity index (χ2n) is 7.46. The molecule has 3 aromatic rings. The molecule has 2 aromatic heterocycles. The molecule has 2 aliphatic heterocycles. The Kier molecular flexibility index (Phi) is 5.33. The largest absolute Gasteiger partial charge is 0.484 e. The van der Waals surface area contributed by atoms with Crippen LogP contribution >= 0.6 is 0 Å². The van der Waals surface area contributed by atoms with Crippen LogP contribution in [0.3, 0.4) is 0 Å². The SMILES string of the molecule is O=C1C(=Cc2ccco2)Oc2cc(OCC(=O)N3CCN(c4ccccn4)CC3)ccc21. The number of ketones is 1. The van der Waals surface area contributed by atoms with Gasteiger partial charge in [-0.3, -0.25) is 9.59 Å². The van der Waals surface area contributed by atoms with E-state index < -0.39 is 0 Å². The predicted molar refractivity (Wildman–Crippen MR) is 117 cm³/mol. The number of aromatic nitrogens is 1. The fourth-order valence-corrected chi connectivity index (χ4v) is 3.72. The van der Waals surface area contributed by atoms with Crippen molar-refractivity contribution < 1.29 is 23.5 Å². The minimum atomic E-state index is -0.218. The average molecular weight is 431 g/mol. The van der Waals surface area contributed by atoms with Crippen molar-refractivity contribution in [3.63, 3.8) is 0 Å². The third-order valence-corrected chi connectivity index (χ3v) is 5.43. The van der Waals surface area contributed by atoms with Gasteiger partial charge >= 0.3 is 0 Å². The maximum atomic E-state index is 12.6. The molecule has 32 heavy (non-hydrogen) atoms. The van der Waals surface area contributed by atoms with Crippen LogP contribution in [-0.2, 0) is 4.79 Å². The van der Waals surface area contributed by atoms with Crippen molar-refractivity contribution >= 4 is 23.6 Å². The van der Waals surface area contributed by atoms with E-state index in [-0.39, 0.29) is 24.1 Å². The van der Waals surface area contributed by atoms with Gasteiger partial charge in [-0.1, -0.05) is 6.07 Å². The van der Waals surface area contributed by atoms with Crippen LogP contribution in [0.4, 0.5) is 5.82 Å². The van der Waals surface area contributed by atoms with Gasteiger partial charge < -0.3 is 23.7 Å². The van der Waals surface area contributed by atoms with Crippen molar-refractivity contribution in [1.29, 1.82) is 0 Å². The molecule has 0 spiro atoms. The molecule has 0 N–H and O–H groups in total. The van der Waals surface area contributed by atoms with Gasteiger partial charge in [0.05, 0.1) is 11.8 Å². The number of amides is 1. The molecule has 0 unspecified atom stereocenters. The number of piperazine rings is 1. The Balaban J connectivity index is 1.16. The van der Waals surface area contributed by atoms with Crippen LogP contribution in [0.2, 0.25) is 0 Å². The van der Waals surface area contributed by atoms with E-state index in [9.17, 15) is 9.59 Å². The van der Waals surface area contributed by atoms with Gasteiger partial charge in [-0.15, -0.1) is 0 Å². The van der Waals surface area contributed by atoms with E-state index >= 15 is 0 Å². The lowest BCUT2D eigenvalue weighted by atomic mass is 10.1. The van der Waals surface area contributed by atoms with Crippen molar-refractivity contribution in [3.05, 3.63) is 78.1 Å². The lowest BCUT2D eigenvalue weighted by molar-refractivity contribution is -0.133. The van der Waals surface area contributed by atoms with Crippen LogP contribution in [0.25, 0.3) is 6.08 Å². The molecule has 8 nitrogen and oxygen atoms in total. The molecule has 0 atom stereocenters. The summed E-state index contributed by atoms with van der Waals surface area (Å²) < 4.78 is 16.6. The van der Waals surface area contributed by atoms with Gasteiger partial charge in [0, 0.05) is 44.5 Å². The lowest BCUT2D eigenvalue weighted by Crippen LogP contribution is -2.50. The highest BCUT2D eigenvalue weighted by atomic mass is 16.5. The number of carbonyl (C=O) groups excluding carboxylic acids is 2. The Morgan fingerprint density at radius 2 is 1.97 bits per heavy atom. The monoisotopic (exact) mass is 431 g/mol. The highest BCUT2D eigenvalue weighted by Gasteiger charge is 2.28. The van der Waals surface area contributed by atoms with Crippen LogP contribution in [0.1, 0.15) is 16.1 Å². The van der Waals surface area contributed by atoms with Crippen LogP contribution in [0, 0.1) is 0 Å². The third kappa shape index (κ3) is 4.07. The Morgan fingerprint density at radius 3 is 2.72 bits per heavy atom. The van der Waals surface area contributed by atoms with Crippen LogP contribution in [0.15, 0.2) is 71.2 Å². The number of fused-ring (bicyclic) bond motifs is 1. The fourth-order valence-electron chi connectivity index (χ4n) is 3.72. The molecule has 1 amide bonds. The van der Waals surface area contributed by atoms with Gasteiger partial charge in [-0.05, 0) is 36.4 Å². The third-order valence-electron chi connectivity index (χ3n) is 5.43. The second kappa shape index (κ2) is 8.58. The molecule has 0 saturated carbocycles. The number of hydrogen-bond donors (Lipinski definition) is 0. The van der Waals surface area contributed by atoms with E-state index in [2.05, 4.69) is 9.88 Å². The summed E-state index contributed by atoms with van der Waals surface area (Å²) in [4.78, 5) is 33.4. The van der Waals surface area contributed by atoms with E-state index in [0.29, 0.717) is 35.9 Å². The minimum absolute atomic E-state index is 0.0780. The van der Waals surface area contributed by atoms with Crippen LogP contribution in [0.5, 0.6) is 11.5 Å². The van der Waals surface area contributed by atoms with Crippen molar-refractivity contribution in [2.45, 2.75) is 0 Å². The maximum absolute atomic E-state index is 12.6. The number of nitrogens with zero attached hydrogens (tertiary/aromatic N) is 3. The normalized spacial score (nSPS) is 16.8. The van der Waals surface area contributed by atoms with E-state index in [1.807, 2.05) is 18.2 Å². The number of furan rings is 1. The minimum Gasteiger partial charge on any atom is -0.484 e. The zero-order valence-electron chi connectivity index (χ0n) is 17.3. The number of allylic oxidation sites excluding steroid dienone is 1. The Bertz CT molecular complexity index is 1150. The molecule has 1 saturated heterocycles.